The summed E-state index contributed by atoms with van der Waals surface area (Å²) < 4.78 is 1.69. The highest BCUT2D eigenvalue weighted by molar-refractivity contribution is 5.76. The number of carbonyl (C=O) groups excluding carboxylic acids is 1. The van der Waals surface area contributed by atoms with E-state index in [1.807, 2.05) is 6.07 Å². The Morgan fingerprint density at radius 2 is 1.81 bits per heavy atom. The van der Waals surface area contributed by atoms with Crippen LogP contribution in [0.1, 0.15) is 63.0 Å². The molecular formula is C20H30N4O2. The average Bonchev–Trinajstić information content (AvgIpc) is 3.47. The molecule has 3 fully saturated rings. The number of piperidine rings is 1. The minimum atomic E-state index is 0.0259. The van der Waals surface area contributed by atoms with Crippen molar-refractivity contribution in [2.24, 2.45) is 5.92 Å². The molecule has 1 saturated carbocycles. The van der Waals surface area contributed by atoms with Gasteiger partial charge in [0.15, 0.2) is 0 Å². The molecule has 1 unspecified atom stereocenters. The molecule has 1 atom stereocenters. The van der Waals surface area contributed by atoms with E-state index in [4.69, 9.17) is 0 Å². The van der Waals surface area contributed by atoms with Gasteiger partial charge in [-0.05, 0) is 63.6 Å². The predicted octanol–water partition coefficient (Wildman–Crippen LogP) is 1.89. The summed E-state index contributed by atoms with van der Waals surface area (Å²) in [5, 5.41) is 7.77. The van der Waals surface area contributed by atoms with E-state index < -0.39 is 0 Å². The van der Waals surface area contributed by atoms with Crippen LogP contribution in [-0.4, -0.2) is 46.3 Å². The normalized spacial score (nSPS) is 25.7. The van der Waals surface area contributed by atoms with Crippen LogP contribution < -0.4 is 10.9 Å². The molecule has 0 spiro atoms. The van der Waals surface area contributed by atoms with E-state index in [-0.39, 0.29) is 11.5 Å². The second-order valence-electron chi connectivity index (χ2n) is 8.31. The van der Waals surface area contributed by atoms with Crippen LogP contribution >= 0.6 is 0 Å². The molecular weight excluding hydrogens is 328 g/mol. The predicted molar refractivity (Wildman–Crippen MR) is 100 cm³/mol. The summed E-state index contributed by atoms with van der Waals surface area (Å²) in [5.74, 6) is 1.32. The van der Waals surface area contributed by atoms with Gasteiger partial charge in [-0.2, -0.15) is 5.10 Å². The van der Waals surface area contributed by atoms with E-state index in [0.29, 0.717) is 24.3 Å². The van der Waals surface area contributed by atoms with Crippen LogP contribution in [0.15, 0.2) is 16.9 Å². The third kappa shape index (κ3) is 4.53. The van der Waals surface area contributed by atoms with Gasteiger partial charge < -0.3 is 10.2 Å². The topological polar surface area (TPSA) is 67.2 Å². The first-order chi connectivity index (χ1) is 12.7. The monoisotopic (exact) mass is 358 g/mol. The maximum absolute atomic E-state index is 12.1. The summed E-state index contributed by atoms with van der Waals surface area (Å²) in [6.45, 7) is 3.81. The fraction of sp³-hybridized carbons (Fsp3) is 0.750. The van der Waals surface area contributed by atoms with Crippen molar-refractivity contribution in [2.75, 3.05) is 19.6 Å². The molecule has 1 aromatic heterocycles. The molecule has 1 aromatic rings. The minimum Gasteiger partial charge on any atom is -0.352 e. The first kappa shape index (κ1) is 17.7. The largest absolute Gasteiger partial charge is 0.352 e. The molecule has 3 heterocycles. The van der Waals surface area contributed by atoms with Crippen LogP contribution in [-0.2, 0) is 11.3 Å². The maximum atomic E-state index is 12.1. The molecule has 142 valence electrons. The van der Waals surface area contributed by atoms with Crippen LogP contribution in [0.2, 0.25) is 0 Å². The van der Waals surface area contributed by atoms with Crippen molar-refractivity contribution in [1.29, 1.82) is 0 Å². The minimum absolute atomic E-state index is 0.0259. The van der Waals surface area contributed by atoms with E-state index in [0.717, 1.165) is 64.0 Å². The van der Waals surface area contributed by atoms with E-state index in [2.05, 4.69) is 15.3 Å². The summed E-state index contributed by atoms with van der Waals surface area (Å²) in [6.07, 6.45) is 8.56. The molecule has 4 rings (SSSR count). The van der Waals surface area contributed by atoms with Crippen LogP contribution in [0.4, 0.5) is 0 Å². The number of hydrogen-bond donors (Lipinski definition) is 1. The van der Waals surface area contributed by atoms with Gasteiger partial charge in [-0.1, -0.05) is 6.42 Å². The number of rotatable bonds is 5. The summed E-state index contributed by atoms with van der Waals surface area (Å²) in [4.78, 5) is 26.3. The third-order valence-electron chi connectivity index (χ3n) is 6.07. The van der Waals surface area contributed by atoms with Gasteiger partial charge in [0.05, 0.1) is 5.69 Å². The van der Waals surface area contributed by atoms with Gasteiger partial charge in [-0.3, -0.25) is 9.59 Å². The summed E-state index contributed by atoms with van der Waals surface area (Å²) in [5.41, 5.74) is 1.11. The Kier molecular flexibility index (Phi) is 5.38. The van der Waals surface area contributed by atoms with E-state index in [1.54, 1.807) is 10.7 Å². The zero-order chi connectivity index (χ0) is 17.9. The Labute approximate surface area is 155 Å². The first-order valence-electron chi connectivity index (χ1n) is 10.3. The smallest absolute Gasteiger partial charge is 0.266 e. The molecule has 0 aromatic carbocycles. The Balaban J connectivity index is 1.28. The number of nitrogens with one attached hydrogen (secondary N) is 1. The van der Waals surface area contributed by atoms with Crippen LogP contribution in [0.25, 0.3) is 0 Å². The third-order valence-corrected chi connectivity index (χ3v) is 6.07. The van der Waals surface area contributed by atoms with Gasteiger partial charge in [0.2, 0.25) is 5.91 Å². The quantitative estimate of drug-likeness (QED) is 0.873. The molecule has 0 radical (unpaired) electrons. The molecule has 1 N–H and O–H groups in total. The molecule has 1 amide bonds. The molecule has 1 aliphatic carbocycles. The highest BCUT2D eigenvalue weighted by Crippen LogP contribution is 2.38. The van der Waals surface area contributed by atoms with Crippen molar-refractivity contribution in [3.8, 4) is 0 Å². The zero-order valence-electron chi connectivity index (χ0n) is 15.5. The number of hydrogen-bond acceptors (Lipinski definition) is 4. The Morgan fingerprint density at radius 1 is 1.00 bits per heavy atom. The van der Waals surface area contributed by atoms with Crippen LogP contribution in [0, 0.1) is 5.92 Å². The first-order valence-corrected chi connectivity index (χ1v) is 10.3. The lowest BCUT2D eigenvalue weighted by molar-refractivity contribution is -0.121. The second kappa shape index (κ2) is 7.91. The molecule has 6 nitrogen and oxygen atoms in total. The van der Waals surface area contributed by atoms with Gasteiger partial charge in [0.25, 0.3) is 5.56 Å². The van der Waals surface area contributed by atoms with Crippen molar-refractivity contribution < 1.29 is 4.79 Å². The average molecular weight is 358 g/mol. The Hall–Kier alpha value is -1.69. The Bertz CT molecular complexity index is 689. The molecule has 6 heteroatoms. The Morgan fingerprint density at radius 3 is 2.58 bits per heavy atom. The van der Waals surface area contributed by atoms with Crippen molar-refractivity contribution in [3.63, 3.8) is 0 Å². The lowest BCUT2D eigenvalue weighted by Gasteiger charge is -2.34. The van der Waals surface area contributed by atoms with E-state index in [9.17, 15) is 9.59 Å². The fourth-order valence-electron chi connectivity index (χ4n) is 4.29. The number of carbonyl (C=O) groups is 1. The standard InChI is InChI=1S/C20H30N4O2/c25-19-4-2-1-3-17(21-19)14-23-11-9-15(10-12-23)13-24-20(26)8-7-18(22-24)16-5-6-16/h7-8,15-17H,1-6,9-14H2,(H,21,25). The lowest BCUT2D eigenvalue weighted by atomic mass is 9.96. The molecule has 2 aliphatic heterocycles. The fourth-order valence-corrected chi connectivity index (χ4v) is 4.29. The number of nitrogens with zero attached hydrogens (tertiary/aromatic N) is 3. The van der Waals surface area contributed by atoms with Gasteiger partial charge >= 0.3 is 0 Å². The van der Waals surface area contributed by atoms with Crippen LogP contribution in [0.5, 0.6) is 0 Å². The van der Waals surface area contributed by atoms with Crippen LogP contribution in [0.3, 0.4) is 0 Å². The van der Waals surface area contributed by atoms with Crippen molar-refractivity contribution in [1.82, 2.24) is 20.0 Å². The highest BCUT2D eigenvalue weighted by atomic mass is 16.1. The van der Waals surface area contributed by atoms with Gasteiger partial charge in [0.1, 0.15) is 0 Å². The van der Waals surface area contributed by atoms with Gasteiger partial charge in [-0.25, -0.2) is 4.68 Å². The molecule has 26 heavy (non-hydrogen) atoms. The van der Waals surface area contributed by atoms with Crippen molar-refractivity contribution >= 4 is 5.91 Å². The van der Waals surface area contributed by atoms with Gasteiger partial charge in [-0.15, -0.1) is 0 Å². The number of amides is 1. The van der Waals surface area contributed by atoms with E-state index in [1.165, 1.54) is 12.8 Å². The molecule has 0 bridgehead atoms. The highest BCUT2D eigenvalue weighted by Gasteiger charge is 2.27. The maximum Gasteiger partial charge on any atom is 0.266 e. The molecule has 3 aliphatic rings. The SMILES string of the molecule is O=C1CCCCC(CN2CCC(Cn3nc(C4CC4)ccc3=O)CC2)N1. The zero-order valence-corrected chi connectivity index (χ0v) is 15.5. The number of aromatic nitrogens is 2. The van der Waals surface area contributed by atoms with E-state index >= 15 is 0 Å². The summed E-state index contributed by atoms with van der Waals surface area (Å²) in [6, 6.07) is 3.89. The van der Waals surface area contributed by atoms with Gasteiger partial charge in [0, 0.05) is 37.5 Å². The second-order valence-corrected chi connectivity index (χ2v) is 8.31. The van der Waals surface area contributed by atoms with Crippen molar-refractivity contribution in [3.05, 3.63) is 28.2 Å². The molecule has 2 saturated heterocycles. The summed E-state index contributed by atoms with van der Waals surface area (Å²) in [7, 11) is 0. The number of likely N-dealkylation sites (tertiary alicyclic amines) is 1. The van der Waals surface area contributed by atoms with Crippen molar-refractivity contribution in [2.45, 2.75) is 69.9 Å². The summed E-state index contributed by atoms with van der Waals surface area (Å²) >= 11 is 0. The lowest BCUT2D eigenvalue weighted by Crippen LogP contribution is -2.46.